The molecule has 0 saturated heterocycles. The third-order valence-corrected chi connectivity index (χ3v) is 4.50. The zero-order valence-corrected chi connectivity index (χ0v) is 14.0. The molecule has 1 aliphatic rings. The summed E-state index contributed by atoms with van der Waals surface area (Å²) in [6.45, 7) is 6.55. The third kappa shape index (κ3) is 2.69. The molecule has 23 heavy (non-hydrogen) atoms. The fraction of sp³-hybridized carbons (Fsp3) is 0.471. The SMILES string of the molecule is Cc1cc(C(=O)N2CCc3nc(C)n(C)c(=O)c3CC2)c(C)o1. The quantitative estimate of drug-likeness (QED) is 0.800. The number of amides is 1. The number of rotatable bonds is 1. The van der Waals surface area contributed by atoms with Gasteiger partial charge < -0.3 is 9.32 Å². The van der Waals surface area contributed by atoms with Crippen LogP contribution in [0.25, 0.3) is 0 Å². The molecule has 0 fully saturated rings. The largest absolute Gasteiger partial charge is 0.466 e. The molecule has 2 aromatic heterocycles. The maximum absolute atomic E-state index is 12.7. The number of nitrogens with zero attached hydrogens (tertiary/aromatic N) is 3. The van der Waals surface area contributed by atoms with Crippen LogP contribution in [0.5, 0.6) is 0 Å². The standard InChI is InChI=1S/C17H21N3O3/c1-10-9-14(11(2)23-10)17(22)20-7-5-13-15(6-8-20)18-12(3)19(4)16(13)21/h9H,5-8H2,1-4H3. The Balaban J connectivity index is 1.88. The van der Waals surface area contributed by atoms with Crippen molar-refractivity contribution in [1.29, 1.82) is 0 Å². The number of aromatic nitrogens is 2. The Hall–Kier alpha value is -2.37. The zero-order valence-electron chi connectivity index (χ0n) is 14.0. The first-order valence-electron chi connectivity index (χ1n) is 7.80. The molecule has 6 nitrogen and oxygen atoms in total. The van der Waals surface area contributed by atoms with Crippen LogP contribution in [0.3, 0.4) is 0 Å². The molecule has 0 unspecified atom stereocenters. The maximum Gasteiger partial charge on any atom is 0.257 e. The van der Waals surface area contributed by atoms with Crippen LogP contribution < -0.4 is 5.56 Å². The van der Waals surface area contributed by atoms with Gasteiger partial charge in [0.2, 0.25) is 0 Å². The maximum atomic E-state index is 12.7. The minimum absolute atomic E-state index is 0.00265. The van der Waals surface area contributed by atoms with Crippen LogP contribution >= 0.6 is 0 Å². The highest BCUT2D eigenvalue weighted by Crippen LogP contribution is 2.18. The number of fused-ring (bicyclic) bond motifs is 1. The van der Waals surface area contributed by atoms with Gasteiger partial charge in [0.25, 0.3) is 11.5 Å². The van der Waals surface area contributed by atoms with Crippen LogP contribution in [0.1, 0.15) is 39.0 Å². The van der Waals surface area contributed by atoms with E-state index < -0.39 is 0 Å². The lowest BCUT2D eigenvalue weighted by atomic mass is 10.1. The molecule has 0 saturated carbocycles. The minimum Gasteiger partial charge on any atom is -0.466 e. The lowest BCUT2D eigenvalue weighted by Gasteiger charge is -2.19. The van der Waals surface area contributed by atoms with Crippen molar-refractivity contribution in [3.8, 4) is 0 Å². The van der Waals surface area contributed by atoms with E-state index >= 15 is 0 Å². The molecule has 0 bridgehead atoms. The van der Waals surface area contributed by atoms with Gasteiger partial charge in [-0.25, -0.2) is 4.98 Å². The second kappa shape index (κ2) is 5.68. The molecule has 0 N–H and O–H groups in total. The molecule has 0 aromatic carbocycles. The number of hydrogen-bond acceptors (Lipinski definition) is 4. The van der Waals surface area contributed by atoms with Gasteiger partial charge >= 0.3 is 0 Å². The molecule has 1 aliphatic heterocycles. The fourth-order valence-corrected chi connectivity index (χ4v) is 3.08. The highest BCUT2D eigenvalue weighted by molar-refractivity contribution is 5.95. The average molecular weight is 315 g/mol. The van der Waals surface area contributed by atoms with Crippen molar-refractivity contribution in [3.05, 3.63) is 50.6 Å². The van der Waals surface area contributed by atoms with Crippen molar-refractivity contribution in [2.24, 2.45) is 7.05 Å². The number of carbonyl (C=O) groups is 1. The van der Waals surface area contributed by atoms with E-state index in [9.17, 15) is 9.59 Å². The molecule has 122 valence electrons. The number of furan rings is 1. The van der Waals surface area contributed by atoms with Gasteiger partial charge in [0.1, 0.15) is 17.3 Å². The van der Waals surface area contributed by atoms with E-state index in [0.717, 1.165) is 17.0 Å². The van der Waals surface area contributed by atoms with E-state index in [2.05, 4.69) is 4.98 Å². The summed E-state index contributed by atoms with van der Waals surface area (Å²) in [7, 11) is 1.73. The molecular weight excluding hydrogens is 294 g/mol. The summed E-state index contributed by atoms with van der Waals surface area (Å²) in [6, 6.07) is 1.77. The fourth-order valence-electron chi connectivity index (χ4n) is 3.08. The predicted octanol–water partition coefficient (Wildman–Crippen LogP) is 1.54. The van der Waals surface area contributed by atoms with Crippen LogP contribution in [0.4, 0.5) is 0 Å². The summed E-state index contributed by atoms with van der Waals surface area (Å²) in [5.74, 6) is 2.03. The number of hydrogen-bond donors (Lipinski definition) is 0. The minimum atomic E-state index is -0.0410. The van der Waals surface area contributed by atoms with Gasteiger partial charge in [0.05, 0.1) is 11.3 Å². The van der Waals surface area contributed by atoms with Crippen molar-refractivity contribution in [1.82, 2.24) is 14.5 Å². The van der Waals surface area contributed by atoms with Crippen LogP contribution in [0, 0.1) is 20.8 Å². The first-order valence-corrected chi connectivity index (χ1v) is 7.80. The van der Waals surface area contributed by atoms with E-state index in [-0.39, 0.29) is 11.5 Å². The first kappa shape index (κ1) is 15.5. The molecule has 0 aliphatic carbocycles. The Morgan fingerprint density at radius 3 is 2.57 bits per heavy atom. The van der Waals surface area contributed by atoms with Gasteiger partial charge in [-0.1, -0.05) is 0 Å². The van der Waals surface area contributed by atoms with Crippen molar-refractivity contribution in [3.63, 3.8) is 0 Å². The van der Waals surface area contributed by atoms with Crippen LogP contribution in [0.2, 0.25) is 0 Å². The molecule has 1 amide bonds. The number of carbonyl (C=O) groups excluding carboxylic acids is 1. The van der Waals surface area contributed by atoms with E-state index in [1.165, 1.54) is 0 Å². The molecular formula is C17H21N3O3. The van der Waals surface area contributed by atoms with Gasteiger partial charge in [0, 0.05) is 32.1 Å². The summed E-state index contributed by atoms with van der Waals surface area (Å²) in [4.78, 5) is 31.4. The summed E-state index contributed by atoms with van der Waals surface area (Å²) in [5.41, 5.74) is 2.15. The topological polar surface area (TPSA) is 68.3 Å². The Kier molecular flexibility index (Phi) is 3.83. The summed E-state index contributed by atoms with van der Waals surface area (Å²) in [5, 5.41) is 0. The Labute approximate surface area is 134 Å². The van der Waals surface area contributed by atoms with E-state index in [4.69, 9.17) is 4.42 Å². The second-order valence-electron chi connectivity index (χ2n) is 6.07. The van der Waals surface area contributed by atoms with Gasteiger partial charge in [-0.3, -0.25) is 14.2 Å². The highest BCUT2D eigenvalue weighted by atomic mass is 16.3. The van der Waals surface area contributed by atoms with Crippen LogP contribution in [0.15, 0.2) is 15.3 Å². The van der Waals surface area contributed by atoms with Crippen molar-refractivity contribution >= 4 is 5.91 Å². The molecule has 0 spiro atoms. The third-order valence-electron chi connectivity index (χ3n) is 4.50. The van der Waals surface area contributed by atoms with Gasteiger partial charge in [0.15, 0.2) is 0 Å². The number of aryl methyl sites for hydroxylation is 3. The van der Waals surface area contributed by atoms with E-state index in [1.54, 1.807) is 29.5 Å². The smallest absolute Gasteiger partial charge is 0.257 e. The Morgan fingerprint density at radius 1 is 1.22 bits per heavy atom. The van der Waals surface area contributed by atoms with Crippen LogP contribution in [-0.2, 0) is 19.9 Å². The Morgan fingerprint density at radius 2 is 1.91 bits per heavy atom. The molecule has 0 atom stereocenters. The van der Waals surface area contributed by atoms with E-state index in [0.29, 0.717) is 43.1 Å². The van der Waals surface area contributed by atoms with Crippen molar-refractivity contribution < 1.29 is 9.21 Å². The molecule has 6 heteroatoms. The molecule has 3 heterocycles. The summed E-state index contributed by atoms with van der Waals surface area (Å²) >= 11 is 0. The highest BCUT2D eigenvalue weighted by Gasteiger charge is 2.25. The van der Waals surface area contributed by atoms with Crippen LogP contribution in [-0.4, -0.2) is 33.4 Å². The van der Waals surface area contributed by atoms with Gasteiger partial charge in [-0.2, -0.15) is 0 Å². The summed E-state index contributed by atoms with van der Waals surface area (Å²) in [6.07, 6.45) is 1.14. The van der Waals surface area contributed by atoms with Crippen molar-refractivity contribution in [2.45, 2.75) is 33.6 Å². The molecule has 0 radical (unpaired) electrons. The second-order valence-corrected chi connectivity index (χ2v) is 6.07. The summed E-state index contributed by atoms with van der Waals surface area (Å²) < 4.78 is 7.03. The monoisotopic (exact) mass is 315 g/mol. The van der Waals surface area contributed by atoms with Crippen molar-refractivity contribution in [2.75, 3.05) is 13.1 Å². The van der Waals surface area contributed by atoms with E-state index in [1.807, 2.05) is 13.8 Å². The zero-order chi connectivity index (χ0) is 16.7. The lowest BCUT2D eigenvalue weighted by Crippen LogP contribution is -2.33. The molecule has 3 rings (SSSR count). The van der Waals surface area contributed by atoms with Gasteiger partial charge in [-0.05, 0) is 33.3 Å². The lowest BCUT2D eigenvalue weighted by molar-refractivity contribution is 0.0761. The van der Waals surface area contributed by atoms with Gasteiger partial charge in [-0.15, -0.1) is 0 Å². The Bertz CT molecular complexity index is 832. The predicted molar refractivity (Wildman–Crippen MR) is 85.7 cm³/mol. The average Bonchev–Trinajstić information content (AvgIpc) is 2.71. The molecule has 2 aromatic rings. The first-order chi connectivity index (χ1) is 10.9. The normalized spacial score (nSPS) is 14.5.